The van der Waals surface area contributed by atoms with Crippen molar-refractivity contribution in [1.82, 2.24) is 0 Å². The fourth-order valence-electron chi connectivity index (χ4n) is 2.14. The third-order valence-corrected chi connectivity index (χ3v) is 3.34. The van der Waals surface area contributed by atoms with Crippen LogP contribution in [0.25, 0.3) is 11.1 Å². The van der Waals surface area contributed by atoms with E-state index in [1.54, 1.807) is 14.0 Å². The summed E-state index contributed by atoms with van der Waals surface area (Å²) < 4.78 is 5.35. The Labute approximate surface area is 118 Å². The molecule has 0 fully saturated rings. The number of aliphatic carboxylic acids is 1. The number of rotatable bonds is 5. The van der Waals surface area contributed by atoms with Crippen LogP contribution in [0.2, 0.25) is 0 Å². The predicted molar refractivity (Wildman–Crippen MR) is 78.9 cm³/mol. The molecule has 20 heavy (non-hydrogen) atoms. The SMILES string of the molecule is COc1ccccc1-c1ccc(CC(C)C(=O)O)cc1. The van der Waals surface area contributed by atoms with Crippen molar-refractivity contribution in [1.29, 1.82) is 0 Å². The van der Waals surface area contributed by atoms with Crippen molar-refractivity contribution in [2.24, 2.45) is 5.92 Å². The van der Waals surface area contributed by atoms with Gasteiger partial charge in [-0.25, -0.2) is 0 Å². The first-order chi connectivity index (χ1) is 9.61. The van der Waals surface area contributed by atoms with Crippen molar-refractivity contribution in [3.63, 3.8) is 0 Å². The topological polar surface area (TPSA) is 46.5 Å². The maximum absolute atomic E-state index is 10.9. The van der Waals surface area contributed by atoms with Gasteiger partial charge in [0.25, 0.3) is 0 Å². The molecule has 0 saturated heterocycles. The van der Waals surface area contributed by atoms with Crippen LogP contribution in [0, 0.1) is 5.92 Å². The molecule has 1 N–H and O–H groups in total. The van der Waals surface area contributed by atoms with Gasteiger partial charge in [-0.15, -0.1) is 0 Å². The van der Waals surface area contributed by atoms with Crippen LogP contribution in [0.5, 0.6) is 5.75 Å². The average molecular weight is 270 g/mol. The van der Waals surface area contributed by atoms with Gasteiger partial charge in [0.05, 0.1) is 13.0 Å². The van der Waals surface area contributed by atoms with Crippen molar-refractivity contribution in [3.05, 3.63) is 54.1 Å². The van der Waals surface area contributed by atoms with Crippen LogP contribution in [0.3, 0.4) is 0 Å². The van der Waals surface area contributed by atoms with Crippen molar-refractivity contribution < 1.29 is 14.6 Å². The van der Waals surface area contributed by atoms with E-state index in [0.717, 1.165) is 22.4 Å². The highest BCUT2D eigenvalue weighted by atomic mass is 16.5. The highest BCUT2D eigenvalue weighted by Gasteiger charge is 2.11. The smallest absolute Gasteiger partial charge is 0.306 e. The van der Waals surface area contributed by atoms with Gasteiger partial charge in [0.2, 0.25) is 0 Å². The summed E-state index contributed by atoms with van der Waals surface area (Å²) in [5.41, 5.74) is 3.13. The summed E-state index contributed by atoms with van der Waals surface area (Å²) in [5, 5.41) is 8.93. The summed E-state index contributed by atoms with van der Waals surface area (Å²) in [4.78, 5) is 10.9. The molecule has 0 aliphatic heterocycles. The maximum Gasteiger partial charge on any atom is 0.306 e. The molecule has 3 heteroatoms. The van der Waals surface area contributed by atoms with Gasteiger partial charge in [0.15, 0.2) is 0 Å². The van der Waals surface area contributed by atoms with Gasteiger partial charge in [-0.2, -0.15) is 0 Å². The fourth-order valence-corrected chi connectivity index (χ4v) is 2.14. The van der Waals surface area contributed by atoms with Crippen molar-refractivity contribution in [3.8, 4) is 16.9 Å². The van der Waals surface area contributed by atoms with Crippen molar-refractivity contribution in [2.75, 3.05) is 7.11 Å². The molecule has 0 bridgehead atoms. The molecule has 0 aliphatic carbocycles. The Morgan fingerprint density at radius 2 is 1.80 bits per heavy atom. The molecule has 2 aromatic carbocycles. The Morgan fingerprint density at radius 1 is 1.15 bits per heavy atom. The van der Waals surface area contributed by atoms with E-state index in [0.29, 0.717) is 6.42 Å². The van der Waals surface area contributed by atoms with E-state index in [2.05, 4.69) is 0 Å². The van der Waals surface area contributed by atoms with Crippen LogP contribution in [-0.4, -0.2) is 18.2 Å². The number of methoxy groups -OCH3 is 1. The number of ether oxygens (including phenoxy) is 1. The lowest BCUT2D eigenvalue weighted by molar-refractivity contribution is -0.141. The summed E-state index contributed by atoms with van der Waals surface area (Å²) in [6.45, 7) is 1.72. The quantitative estimate of drug-likeness (QED) is 0.902. The number of hydrogen-bond donors (Lipinski definition) is 1. The second-order valence-electron chi connectivity index (χ2n) is 4.84. The van der Waals surface area contributed by atoms with Gasteiger partial charge in [-0.3, -0.25) is 4.79 Å². The normalized spacial score (nSPS) is 11.9. The fraction of sp³-hybridized carbons (Fsp3) is 0.235. The molecule has 0 saturated carbocycles. The van der Waals surface area contributed by atoms with Gasteiger partial charge in [-0.05, 0) is 23.6 Å². The van der Waals surface area contributed by atoms with Crippen LogP contribution in [0.1, 0.15) is 12.5 Å². The van der Waals surface area contributed by atoms with E-state index in [1.165, 1.54) is 0 Å². The minimum atomic E-state index is -0.765. The molecule has 104 valence electrons. The highest BCUT2D eigenvalue weighted by Crippen LogP contribution is 2.29. The van der Waals surface area contributed by atoms with Crippen LogP contribution >= 0.6 is 0 Å². The largest absolute Gasteiger partial charge is 0.496 e. The molecule has 0 spiro atoms. The van der Waals surface area contributed by atoms with E-state index < -0.39 is 5.97 Å². The Bertz CT molecular complexity index is 587. The first-order valence-electron chi connectivity index (χ1n) is 6.57. The lowest BCUT2D eigenvalue weighted by Gasteiger charge is -2.10. The van der Waals surface area contributed by atoms with Gasteiger partial charge in [0, 0.05) is 5.56 Å². The van der Waals surface area contributed by atoms with Crippen molar-refractivity contribution >= 4 is 5.97 Å². The third-order valence-electron chi connectivity index (χ3n) is 3.34. The molecule has 0 aliphatic rings. The van der Waals surface area contributed by atoms with Crippen LogP contribution in [0.4, 0.5) is 0 Å². The molecule has 2 aromatic rings. The number of carboxylic acid groups (broad SMARTS) is 1. The second-order valence-corrected chi connectivity index (χ2v) is 4.84. The lowest BCUT2D eigenvalue weighted by Crippen LogP contribution is -2.12. The first kappa shape index (κ1) is 14.1. The predicted octanol–water partition coefficient (Wildman–Crippen LogP) is 3.63. The zero-order valence-corrected chi connectivity index (χ0v) is 11.7. The van der Waals surface area contributed by atoms with E-state index >= 15 is 0 Å². The molecule has 1 atom stereocenters. The van der Waals surface area contributed by atoms with E-state index in [9.17, 15) is 4.79 Å². The van der Waals surface area contributed by atoms with E-state index in [-0.39, 0.29) is 5.92 Å². The number of benzene rings is 2. The molecule has 2 rings (SSSR count). The third kappa shape index (κ3) is 3.18. The minimum absolute atomic E-state index is 0.368. The van der Waals surface area contributed by atoms with Crippen LogP contribution in [-0.2, 0) is 11.2 Å². The number of carboxylic acids is 1. The summed E-state index contributed by atoms with van der Waals surface area (Å²) in [7, 11) is 1.65. The molecule has 0 heterocycles. The zero-order chi connectivity index (χ0) is 14.5. The van der Waals surface area contributed by atoms with Crippen LogP contribution < -0.4 is 4.74 Å². The standard InChI is InChI=1S/C17H18O3/c1-12(17(18)19)11-13-7-9-14(10-8-13)15-5-3-4-6-16(15)20-2/h3-10,12H,11H2,1-2H3,(H,18,19). The summed E-state index contributed by atoms with van der Waals surface area (Å²) >= 11 is 0. The Morgan fingerprint density at radius 3 is 2.40 bits per heavy atom. The summed E-state index contributed by atoms with van der Waals surface area (Å²) in [6, 6.07) is 15.8. The highest BCUT2D eigenvalue weighted by molar-refractivity contribution is 5.71. The summed E-state index contributed by atoms with van der Waals surface area (Å²) in [6.07, 6.45) is 0.543. The second kappa shape index (κ2) is 6.24. The lowest BCUT2D eigenvalue weighted by atomic mass is 9.98. The molecular formula is C17H18O3. The number of para-hydroxylation sites is 1. The Kier molecular flexibility index (Phi) is 4.41. The minimum Gasteiger partial charge on any atom is -0.496 e. The Balaban J connectivity index is 2.22. The number of carbonyl (C=O) groups is 1. The van der Waals surface area contributed by atoms with Gasteiger partial charge in [0.1, 0.15) is 5.75 Å². The number of hydrogen-bond acceptors (Lipinski definition) is 2. The molecule has 0 radical (unpaired) electrons. The molecule has 1 unspecified atom stereocenters. The van der Waals surface area contributed by atoms with Gasteiger partial charge >= 0.3 is 5.97 Å². The molecule has 3 nitrogen and oxygen atoms in total. The van der Waals surface area contributed by atoms with Gasteiger partial charge < -0.3 is 9.84 Å². The Hall–Kier alpha value is -2.29. The van der Waals surface area contributed by atoms with E-state index in [4.69, 9.17) is 9.84 Å². The molecular weight excluding hydrogens is 252 g/mol. The first-order valence-corrected chi connectivity index (χ1v) is 6.57. The zero-order valence-electron chi connectivity index (χ0n) is 11.7. The van der Waals surface area contributed by atoms with E-state index in [1.807, 2.05) is 48.5 Å². The molecule has 0 aromatic heterocycles. The van der Waals surface area contributed by atoms with Gasteiger partial charge in [-0.1, -0.05) is 49.4 Å². The monoisotopic (exact) mass is 270 g/mol. The summed E-state index contributed by atoms with van der Waals surface area (Å²) in [5.74, 6) is -0.301. The maximum atomic E-state index is 10.9. The molecule has 0 amide bonds. The van der Waals surface area contributed by atoms with Crippen LogP contribution in [0.15, 0.2) is 48.5 Å². The average Bonchev–Trinajstić information content (AvgIpc) is 2.48. The van der Waals surface area contributed by atoms with Crippen molar-refractivity contribution in [2.45, 2.75) is 13.3 Å².